The number of amides is 1. The van der Waals surface area contributed by atoms with Gasteiger partial charge >= 0.3 is 5.97 Å². The van der Waals surface area contributed by atoms with Gasteiger partial charge in [-0.2, -0.15) is 0 Å². The average molecular weight is 268 g/mol. The predicted octanol–water partition coefficient (Wildman–Crippen LogP) is 1.30. The molecule has 1 unspecified atom stereocenters. The molecule has 2 rings (SSSR count). The van der Waals surface area contributed by atoms with Gasteiger partial charge in [-0.3, -0.25) is 4.79 Å². The molecule has 1 heterocycles. The van der Waals surface area contributed by atoms with Crippen LogP contribution in [0.4, 0.5) is 0 Å². The van der Waals surface area contributed by atoms with Gasteiger partial charge in [0.15, 0.2) is 5.71 Å². The molecule has 0 saturated heterocycles. The highest BCUT2D eigenvalue weighted by molar-refractivity contribution is 6.36. The second kappa shape index (κ2) is 6.54. The van der Waals surface area contributed by atoms with Crippen LogP contribution >= 0.6 is 0 Å². The number of oxime groups is 1. The molecule has 2 aliphatic rings. The number of nitrogens with zero attached hydrogens (tertiary/aromatic N) is 1. The van der Waals surface area contributed by atoms with Gasteiger partial charge in [-0.1, -0.05) is 30.8 Å². The van der Waals surface area contributed by atoms with Crippen LogP contribution in [0.3, 0.4) is 0 Å². The zero-order chi connectivity index (χ0) is 13.7. The summed E-state index contributed by atoms with van der Waals surface area (Å²) in [5.74, 6) is -0.579. The maximum atomic E-state index is 11.7. The summed E-state index contributed by atoms with van der Waals surface area (Å²) in [6.45, 7) is 0.623. The van der Waals surface area contributed by atoms with E-state index < -0.39 is 12.1 Å². The molecule has 1 atom stereocenters. The lowest BCUT2D eigenvalue weighted by molar-refractivity contribution is -0.131. The Morgan fingerprint density at radius 2 is 2.11 bits per heavy atom. The van der Waals surface area contributed by atoms with E-state index in [4.69, 9.17) is 9.94 Å². The number of carboxylic acid groups (broad SMARTS) is 1. The molecule has 2 N–H and O–H groups in total. The minimum Gasteiger partial charge on any atom is -0.477 e. The molecule has 1 aliphatic carbocycles. The first-order valence-electron chi connectivity index (χ1n) is 6.90. The van der Waals surface area contributed by atoms with Crippen LogP contribution in [-0.4, -0.2) is 35.3 Å². The Kier molecular flexibility index (Phi) is 4.76. The standard InChI is InChI=1S/C13H20N2O4/c16-12(11-8-10(13(17)18)15-19-11)14-7-3-6-9-4-1-2-5-9/h9,11H,1-8H2,(H,14,16)(H,17,18). The van der Waals surface area contributed by atoms with E-state index in [0.717, 1.165) is 18.8 Å². The molecular formula is C13H20N2O4. The van der Waals surface area contributed by atoms with Crippen molar-refractivity contribution in [2.45, 2.75) is 51.0 Å². The maximum absolute atomic E-state index is 11.7. The first-order chi connectivity index (χ1) is 9.16. The summed E-state index contributed by atoms with van der Waals surface area (Å²) in [4.78, 5) is 27.2. The molecule has 106 valence electrons. The Hall–Kier alpha value is -1.59. The number of carbonyl (C=O) groups is 2. The Balaban J connectivity index is 1.59. The van der Waals surface area contributed by atoms with Gasteiger partial charge in [-0.05, 0) is 18.8 Å². The zero-order valence-corrected chi connectivity index (χ0v) is 10.9. The SMILES string of the molecule is O=C(O)C1=NOC(C(=O)NCCCC2CCCC2)C1. The third-order valence-electron chi connectivity index (χ3n) is 3.77. The molecule has 1 amide bonds. The van der Waals surface area contributed by atoms with E-state index in [1.807, 2.05) is 0 Å². The molecular weight excluding hydrogens is 248 g/mol. The number of carboxylic acids is 1. The van der Waals surface area contributed by atoms with Gasteiger partial charge < -0.3 is 15.3 Å². The lowest BCUT2D eigenvalue weighted by atomic mass is 10.0. The second-order valence-electron chi connectivity index (χ2n) is 5.23. The first-order valence-corrected chi connectivity index (χ1v) is 6.90. The fourth-order valence-corrected chi connectivity index (χ4v) is 2.66. The Morgan fingerprint density at radius 1 is 1.37 bits per heavy atom. The van der Waals surface area contributed by atoms with Crippen molar-refractivity contribution in [2.75, 3.05) is 6.54 Å². The summed E-state index contributed by atoms with van der Waals surface area (Å²) in [6.07, 6.45) is 6.69. The van der Waals surface area contributed by atoms with Crippen molar-refractivity contribution in [1.29, 1.82) is 0 Å². The third kappa shape index (κ3) is 3.94. The summed E-state index contributed by atoms with van der Waals surface area (Å²) >= 11 is 0. The Labute approximate surface area is 112 Å². The number of aliphatic carboxylic acids is 1. The highest BCUT2D eigenvalue weighted by Crippen LogP contribution is 2.28. The van der Waals surface area contributed by atoms with Crippen LogP contribution in [-0.2, 0) is 14.4 Å². The third-order valence-corrected chi connectivity index (χ3v) is 3.77. The zero-order valence-electron chi connectivity index (χ0n) is 10.9. The lowest BCUT2D eigenvalue weighted by Gasteiger charge is -2.11. The van der Waals surface area contributed by atoms with Crippen molar-refractivity contribution in [3.05, 3.63) is 0 Å². The molecule has 0 bridgehead atoms. The molecule has 0 aromatic carbocycles. The number of hydrogen-bond donors (Lipinski definition) is 2. The molecule has 6 heteroatoms. The first kappa shape index (κ1) is 13.8. The van der Waals surface area contributed by atoms with E-state index in [1.165, 1.54) is 25.7 Å². The summed E-state index contributed by atoms with van der Waals surface area (Å²) in [5.41, 5.74) is -0.0916. The normalized spacial score (nSPS) is 22.9. The highest BCUT2D eigenvalue weighted by Gasteiger charge is 2.31. The molecule has 1 aliphatic heterocycles. The van der Waals surface area contributed by atoms with Crippen LogP contribution in [0.15, 0.2) is 5.16 Å². The van der Waals surface area contributed by atoms with Gasteiger partial charge in [0, 0.05) is 13.0 Å². The van der Waals surface area contributed by atoms with Gasteiger partial charge in [0.1, 0.15) is 0 Å². The summed E-state index contributed by atoms with van der Waals surface area (Å²) in [6, 6.07) is 0. The van der Waals surface area contributed by atoms with Crippen molar-refractivity contribution in [3.8, 4) is 0 Å². The molecule has 0 radical (unpaired) electrons. The lowest BCUT2D eigenvalue weighted by Crippen LogP contribution is -2.35. The highest BCUT2D eigenvalue weighted by atomic mass is 16.6. The maximum Gasteiger partial charge on any atom is 0.353 e. The second-order valence-corrected chi connectivity index (χ2v) is 5.23. The van der Waals surface area contributed by atoms with E-state index in [1.54, 1.807) is 0 Å². The average Bonchev–Trinajstić information content (AvgIpc) is 3.05. The number of carbonyl (C=O) groups excluding carboxylic acids is 1. The van der Waals surface area contributed by atoms with Gasteiger partial charge in [-0.25, -0.2) is 4.79 Å². The van der Waals surface area contributed by atoms with Crippen molar-refractivity contribution in [3.63, 3.8) is 0 Å². The minimum atomic E-state index is -1.13. The van der Waals surface area contributed by atoms with E-state index in [2.05, 4.69) is 10.5 Å². The van der Waals surface area contributed by atoms with E-state index in [9.17, 15) is 9.59 Å². The van der Waals surface area contributed by atoms with Gasteiger partial charge in [0.05, 0.1) is 0 Å². The number of rotatable bonds is 6. The summed E-state index contributed by atoms with van der Waals surface area (Å²) < 4.78 is 0. The van der Waals surface area contributed by atoms with Crippen molar-refractivity contribution >= 4 is 17.6 Å². The number of hydrogen-bond acceptors (Lipinski definition) is 4. The fraction of sp³-hybridized carbons (Fsp3) is 0.769. The van der Waals surface area contributed by atoms with Crippen molar-refractivity contribution < 1.29 is 19.5 Å². The van der Waals surface area contributed by atoms with Crippen molar-refractivity contribution in [2.24, 2.45) is 11.1 Å². The van der Waals surface area contributed by atoms with Crippen molar-refractivity contribution in [1.82, 2.24) is 5.32 Å². The van der Waals surface area contributed by atoms with Crippen LogP contribution in [0, 0.1) is 5.92 Å². The van der Waals surface area contributed by atoms with Crippen LogP contribution in [0.25, 0.3) is 0 Å². The quantitative estimate of drug-likeness (QED) is 0.711. The summed E-state index contributed by atoms with van der Waals surface area (Å²) in [5, 5.41) is 14.9. The predicted molar refractivity (Wildman–Crippen MR) is 68.8 cm³/mol. The largest absolute Gasteiger partial charge is 0.477 e. The van der Waals surface area contributed by atoms with E-state index in [0.29, 0.717) is 6.54 Å². The molecule has 0 spiro atoms. The molecule has 1 saturated carbocycles. The number of nitrogens with one attached hydrogen (secondary N) is 1. The molecule has 1 fully saturated rings. The molecule has 19 heavy (non-hydrogen) atoms. The smallest absolute Gasteiger partial charge is 0.353 e. The van der Waals surface area contributed by atoms with Gasteiger partial charge in [-0.15, -0.1) is 0 Å². The summed E-state index contributed by atoms with van der Waals surface area (Å²) in [7, 11) is 0. The van der Waals surface area contributed by atoms with Gasteiger partial charge in [0.2, 0.25) is 6.10 Å². The molecule has 0 aromatic rings. The monoisotopic (exact) mass is 268 g/mol. The van der Waals surface area contributed by atoms with E-state index in [-0.39, 0.29) is 18.0 Å². The molecule has 6 nitrogen and oxygen atoms in total. The van der Waals surface area contributed by atoms with E-state index >= 15 is 0 Å². The Morgan fingerprint density at radius 3 is 2.74 bits per heavy atom. The van der Waals surface area contributed by atoms with Crippen LogP contribution in [0.2, 0.25) is 0 Å². The Bertz CT molecular complexity index is 375. The minimum absolute atomic E-state index is 0.0454. The fourth-order valence-electron chi connectivity index (χ4n) is 2.66. The van der Waals surface area contributed by atoms with Crippen LogP contribution < -0.4 is 5.32 Å². The van der Waals surface area contributed by atoms with Gasteiger partial charge in [0.25, 0.3) is 5.91 Å². The van der Waals surface area contributed by atoms with Crippen LogP contribution in [0.5, 0.6) is 0 Å². The molecule has 0 aromatic heterocycles. The van der Waals surface area contributed by atoms with Crippen LogP contribution in [0.1, 0.15) is 44.9 Å². The topological polar surface area (TPSA) is 88.0 Å².